The second-order valence-corrected chi connectivity index (χ2v) is 7.64. The van der Waals surface area contributed by atoms with Crippen LogP contribution in [0, 0.1) is 12.7 Å². The number of halogens is 1. The molecule has 0 saturated carbocycles. The van der Waals surface area contributed by atoms with Crippen molar-refractivity contribution in [2.75, 3.05) is 11.9 Å². The van der Waals surface area contributed by atoms with E-state index in [1.54, 1.807) is 31.2 Å². The maximum absolute atomic E-state index is 12.9. The van der Waals surface area contributed by atoms with Crippen LogP contribution in [0.3, 0.4) is 0 Å². The number of nitrogens with one attached hydrogen (secondary N) is 1. The smallest absolute Gasteiger partial charge is 0.275 e. The van der Waals surface area contributed by atoms with Gasteiger partial charge in [0, 0.05) is 6.07 Å². The van der Waals surface area contributed by atoms with Gasteiger partial charge >= 0.3 is 0 Å². The van der Waals surface area contributed by atoms with Gasteiger partial charge in [-0.05, 0) is 43.3 Å². The van der Waals surface area contributed by atoms with Crippen LogP contribution >= 0.6 is 11.3 Å². The molecule has 0 aliphatic heterocycles. The minimum Gasteiger partial charge on any atom is -0.485 e. The number of amides is 1. The van der Waals surface area contributed by atoms with Crippen LogP contribution in [-0.2, 0) is 11.4 Å². The summed E-state index contributed by atoms with van der Waals surface area (Å²) in [6.45, 7) is 1.59. The molecule has 10 heteroatoms. The summed E-state index contributed by atoms with van der Waals surface area (Å²) < 4.78 is 25.3. The molecule has 2 aromatic heterocycles. The molecule has 0 aliphatic rings. The number of carbonyl (C=O) groups is 1. The maximum Gasteiger partial charge on any atom is 0.275 e. The topological polar surface area (TPSA) is 94.8 Å². The molecule has 0 fully saturated rings. The highest BCUT2D eigenvalue weighted by molar-refractivity contribution is 7.16. The molecule has 31 heavy (non-hydrogen) atoms. The third-order valence-electron chi connectivity index (χ3n) is 4.12. The summed E-state index contributed by atoms with van der Waals surface area (Å²) in [6.07, 6.45) is 0. The van der Waals surface area contributed by atoms with Crippen LogP contribution in [0.2, 0.25) is 0 Å². The Balaban J connectivity index is 1.40. The highest BCUT2D eigenvalue weighted by Crippen LogP contribution is 2.24. The zero-order valence-corrected chi connectivity index (χ0v) is 17.2. The number of carbonyl (C=O) groups excluding carboxylic acids is 1. The van der Waals surface area contributed by atoms with E-state index in [0.717, 1.165) is 5.01 Å². The average molecular weight is 440 g/mol. The van der Waals surface area contributed by atoms with Crippen molar-refractivity contribution >= 4 is 27.9 Å². The lowest BCUT2D eigenvalue weighted by atomic mass is 10.3. The molecule has 2 aromatic carbocycles. The number of aromatic nitrogens is 3. The molecular formula is C21H17FN4O4S. The molecule has 0 unspecified atom stereocenters. The van der Waals surface area contributed by atoms with Gasteiger partial charge in [0.15, 0.2) is 6.61 Å². The molecule has 0 aliphatic carbocycles. The minimum atomic E-state index is -0.404. The van der Waals surface area contributed by atoms with Crippen molar-refractivity contribution in [2.45, 2.75) is 13.5 Å². The fraction of sp³-hybridized carbons (Fsp3) is 0.143. The summed E-state index contributed by atoms with van der Waals surface area (Å²) in [4.78, 5) is 29.3. The number of nitrogens with zero attached hydrogens (tertiary/aromatic N) is 3. The Morgan fingerprint density at radius 3 is 2.74 bits per heavy atom. The van der Waals surface area contributed by atoms with E-state index >= 15 is 0 Å². The first-order chi connectivity index (χ1) is 15.0. The maximum atomic E-state index is 12.9. The van der Waals surface area contributed by atoms with E-state index in [4.69, 9.17) is 9.47 Å². The summed E-state index contributed by atoms with van der Waals surface area (Å²) in [5, 5.41) is 7.55. The van der Waals surface area contributed by atoms with Crippen LogP contribution in [0.1, 0.15) is 10.7 Å². The van der Waals surface area contributed by atoms with E-state index in [1.807, 2.05) is 0 Å². The monoisotopic (exact) mass is 440 g/mol. The normalized spacial score (nSPS) is 10.8. The number of benzene rings is 2. The minimum absolute atomic E-state index is 0.0433. The van der Waals surface area contributed by atoms with Gasteiger partial charge in [-0.25, -0.2) is 9.37 Å². The molecule has 0 bridgehead atoms. The van der Waals surface area contributed by atoms with E-state index < -0.39 is 5.91 Å². The van der Waals surface area contributed by atoms with Crippen LogP contribution < -0.4 is 20.3 Å². The molecule has 1 amide bonds. The number of rotatable bonds is 7. The largest absolute Gasteiger partial charge is 0.485 e. The molecule has 2 heterocycles. The molecule has 1 N–H and O–H groups in total. The van der Waals surface area contributed by atoms with Crippen LogP contribution in [0.4, 0.5) is 10.1 Å². The fourth-order valence-electron chi connectivity index (χ4n) is 2.74. The lowest BCUT2D eigenvalue weighted by Gasteiger charge is -2.12. The van der Waals surface area contributed by atoms with Crippen molar-refractivity contribution < 1.29 is 18.7 Å². The number of hydrogen-bond donors (Lipinski definition) is 1. The lowest BCUT2D eigenvalue weighted by molar-refractivity contribution is -0.118. The fourth-order valence-corrected chi connectivity index (χ4v) is 3.51. The summed E-state index contributed by atoms with van der Waals surface area (Å²) in [5.41, 5.74) is 0.614. The highest BCUT2D eigenvalue weighted by Gasteiger charge is 2.11. The van der Waals surface area contributed by atoms with Gasteiger partial charge < -0.3 is 14.8 Å². The van der Waals surface area contributed by atoms with E-state index in [2.05, 4.69) is 15.4 Å². The molecule has 0 saturated heterocycles. The third-order valence-corrected chi connectivity index (χ3v) is 4.94. The standard InChI is InChI=1S/C21H17FN4O4S/c1-13-25-26-20(28)10-15(23-21(26)31-13)11-30-18-5-3-2-4-17(18)24-19(27)12-29-16-8-6-14(22)7-9-16/h2-10H,11-12H2,1H3,(H,24,27). The Kier molecular flexibility index (Phi) is 5.89. The van der Waals surface area contributed by atoms with Crippen molar-refractivity contribution in [1.29, 1.82) is 0 Å². The highest BCUT2D eigenvalue weighted by atomic mass is 32.1. The van der Waals surface area contributed by atoms with Gasteiger partial charge in [-0.2, -0.15) is 9.61 Å². The number of para-hydroxylation sites is 2. The summed E-state index contributed by atoms with van der Waals surface area (Å²) in [7, 11) is 0. The zero-order valence-electron chi connectivity index (χ0n) is 16.4. The first-order valence-electron chi connectivity index (χ1n) is 9.24. The van der Waals surface area contributed by atoms with Crippen molar-refractivity contribution in [3.63, 3.8) is 0 Å². The summed E-state index contributed by atoms with van der Waals surface area (Å²) in [5.74, 6) is 0.00949. The van der Waals surface area contributed by atoms with Gasteiger partial charge in [-0.3, -0.25) is 9.59 Å². The number of ether oxygens (including phenoxy) is 2. The predicted molar refractivity (Wildman–Crippen MR) is 113 cm³/mol. The first kappa shape index (κ1) is 20.5. The van der Waals surface area contributed by atoms with Gasteiger partial charge in [0.2, 0.25) is 4.96 Å². The molecule has 0 atom stereocenters. The second kappa shape index (κ2) is 8.92. The Morgan fingerprint density at radius 2 is 1.94 bits per heavy atom. The molecule has 0 spiro atoms. The van der Waals surface area contributed by atoms with Gasteiger partial charge in [0.05, 0.1) is 11.4 Å². The molecule has 158 valence electrons. The molecule has 4 aromatic rings. The summed E-state index contributed by atoms with van der Waals surface area (Å²) >= 11 is 1.31. The number of hydrogen-bond acceptors (Lipinski definition) is 7. The van der Waals surface area contributed by atoms with Crippen molar-refractivity contribution in [3.8, 4) is 11.5 Å². The molecule has 0 radical (unpaired) electrons. The van der Waals surface area contributed by atoms with Crippen molar-refractivity contribution in [2.24, 2.45) is 0 Å². The SMILES string of the molecule is Cc1nn2c(=O)cc(COc3ccccc3NC(=O)COc3ccc(F)cc3)nc2s1. The zero-order chi connectivity index (χ0) is 21.8. The van der Waals surface area contributed by atoms with Gasteiger partial charge in [-0.1, -0.05) is 23.5 Å². The third kappa shape index (κ3) is 5.04. The van der Waals surface area contributed by atoms with Crippen LogP contribution in [0.15, 0.2) is 59.4 Å². The molecular weight excluding hydrogens is 423 g/mol. The molecule has 4 rings (SSSR count). The van der Waals surface area contributed by atoms with E-state index in [9.17, 15) is 14.0 Å². The second-order valence-electron chi connectivity index (χ2n) is 6.48. The summed E-state index contributed by atoms with van der Waals surface area (Å²) in [6, 6.07) is 13.6. The van der Waals surface area contributed by atoms with Crippen molar-refractivity contribution in [1.82, 2.24) is 14.6 Å². The average Bonchev–Trinajstić information content (AvgIpc) is 3.13. The van der Waals surface area contributed by atoms with E-state index in [-0.39, 0.29) is 24.6 Å². The molecule has 8 nitrogen and oxygen atoms in total. The van der Waals surface area contributed by atoms with Gasteiger partial charge in [0.25, 0.3) is 11.5 Å². The van der Waals surface area contributed by atoms with Gasteiger partial charge in [-0.15, -0.1) is 0 Å². The number of aryl methyl sites for hydroxylation is 1. The van der Waals surface area contributed by atoms with Crippen LogP contribution in [-0.4, -0.2) is 27.1 Å². The lowest BCUT2D eigenvalue weighted by Crippen LogP contribution is -2.20. The first-order valence-corrected chi connectivity index (χ1v) is 10.1. The van der Waals surface area contributed by atoms with Crippen molar-refractivity contribution in [3.05, 3.63) is 81.5 Å². The Morgan fingerprint density at radius 1 is 1.16 bits per heavy atom. The number of fused-ring (bicyclic) bond motifs is 1. The van der Waals surface area contributed by atoms with E-state index in [1.165, 1.54) is 46.2 Å². The van der Waals surface area contributed by atoms with E-state index in [0.29, 0.717) is 27.8 Å². The quantitative estimate of drug-likeness (QED) is 0.474. The Bertz CT molecular complexity index is 1290. The Hall–Kier alpha value is -3.79. The van der Waals surface area contributed by atoms with Gasteiger partial charge in [0.1, 0.15) is 28.9 Å². The predicted octanol–water partition coefficient (Wildman–Crippen LogP) is 3.20. The van der Waals surface area contributed by atoms with Crippen LogP contribution in [0.25, 0.3) is 4.96 Å². The Labute approximate surface area is 179 Å². The van der Waals surface area contributed by atoms with Crippen LogP contribution in [0.5, 0.6) is 11.5 Å². The number of anilines is 1.